The van der Waals surface area contributed by atoms with E-state index in [-0.39, 0.29) is 23.1 Å². The molecule has 0 aliphatic carbocycles. The molecule has 0 radical (unpaired) electrons. The van der Waals surface area contributed by atoms with Crippen LogP contribution in [-0.2, 0) is 4.79 Å². The summed E-state index contributed by atoms with van der Waals surface area (Å²) in [5, 5.41) is 15.7. The van der Waals surface area contributed by atoms with Gasteiger partial charge < -0.3 is 10.5 Å². The number of alkyl halides is 2. The lowest BCUT2D eigenvalue weighted by atomic mass is 10.2. The summed E-state index contributed by atoms with van der Waals surface area (Å²) in [6.07, 6.45) is 0.739. The minimum absolute atomic E-state index is 0.130. The zero-order chi connectivity index (χ0) is 8.85. The van der Waals surface area contributed by atoms with Crippen molar-refractivity contribution in [2.75, 3.05) is 11.8 Å². The van der Waals surface area contributed by atoms with Crippen molar-refractivity contribution in [2.45, 2.75) is 0 Å². The van der Waals surface area contributed by atoms with Gasteiger partial charge in [-0.2, -0.15) is 0 Å². The number of allylic oxidation sites excluding steroid dienone is 2. The van der Waals surface area contributed by atoms with Gasteiger partial charge in [-0.1, -0.05) is 0 Å². The highest BCUT2D eigenvalue weighted by Gasteiger charge is 2.10. The van der Waals surface area contributed by atoms with Crippen LogP contribution in [0.5, 0.6) is 0 Å². The van der Waals surface area contributed by atoms with Crippen LogP contribution in [0, 0.1) is 5.41 Å². The van der Waals surface area contributed by atoms with E-state index in [9.17, 15) is 4.79 Å². The predicted octanol–water partition coefficient (Wildman–Crippen LogP) is 1.49. The number of hydrogen-bond acceptors (Lipinski definition) is 3. The van der Waals surface area contributed by atoms with Gasteiger partial charge in [0.15, 0.2) is 5.78 Å². The minimum Gasteiger partial charge on any atom is -0.510 e. The van der Waals surface area contributed by atoms with Crippen molar-refractivity contribution in [3.63, 3.8) is 0 Å². The maximum Gasteiger partial charge on any atom is 0.182 e. The van der Waals surface area contributed by atoms with Gasteiger partial charge in [0.25, 0.3) is 0 Å². The standard InChI is InChI=1S/C6H7Cl2NO2/c7-1-5(10)4(3-9)6(11)2-8/h3,9-10H,1-2H2/b5-4-,9-3?. The van der Waals surface area contributed by atoms with E-state index in [0.717, 1.165) is 6.21 Å². The Morgan fingerprint density at radius 1 is 1.45 bits per heavy atom. The van der Waals surface area contributed by atoms with Crippen molar-refractivity contribution in [1.29, 1.82) is 5.41 Å². The molecule has 0 saturated heterocycles. The number of ketones is 1. The van der Waals surface area contributed by atoms with Gasteiger partial charge in [-0.15, -0.1) is 23.2 Å². The fourth-order valence-corrected chi connectivity index (χ4v) is 0.757. The largest absolute Gasteiger partial charge is 0.510 e. The van der Waals surface area contributed by atoms with Crippen LogP contribution in [-0.4, -0.2) is 28.9 Å². The number of hydrogen-bond donors (Lipinski definition) is 2. The molecule has 0 unspecified atom stereocenters. The molecule has 0 aliphatic rings. The van der Waals surface area contributed by atoms with E-state index in [1.54, 1.807) is 0 Å². The Balaban J connectivity index is 4.64. The maximum absolute atomic E-state index is 10.8. The second-order valence-corrected chi connectivity index (χ2v) is 2.23. The Bertz CT molecular complexity index is 201. The van der Waals surface area contributed by atoms with Gasteiger partial charge in [0.05, 0.1) is 17.3 Å². The molecule has 0 atom stereocenters. The summed E-state index contributed by atoms with van der Waals surface area (Å²) in [6.45, 7) is 0. The molecule has 0 fully saturated rings. The molecule has 0 bridgehead atoms. The molecule has 3 nitrogen and oxygen atoms in total. The number of carbonyl (C=O) groups excluding carboxylic acids is 1. The Labute approximate surface area is 74.1 Å². The Kier molecular flexibility index (Phi) is 4.90. The van der Waals surface area contributed by atoms with Crippen molar-refractivity contribution in [3.8, 4) is 0 Å². The molecule has 0 amide bonds. The third-order valence-corrected chi connectivity index (χ3v) is 1.50. The van der Waals surface area contributed by atoms with E-state index in [4.69, 9.17) is 33.7 Å². The van der Waals surface area contributed by atoms with Gasteiger partial charge in [0.2, 0.25) is 0 Å². The van der Waals surface area contributed by atoms with Crippen LogP contribution < -0.4 is 0 Å². The van der Waals surface area contributed by atoms with E-state index in [1.165, 1.54) is 0 Å². The summed E-state index contributed by atoms with van der Waals surface area (Å²) >= 11 is 10.4. The Morgan fingerprint density at radius 3 is 2.27 bits per heavy atom. The predicted molar refractivity (Wildman–Crippen MR) is 44.9 cm³/mol. The van der Waals surface area contributed by atoms with Gasteiger partial charge in [0.1, 0.15) is 5.76 Å². The van der Waals surface area contributed by atoms with E-state index in [1.807, 2.05) is 0 Å². The molecular weight excluding hydrogens is 189 g/mol. The van der Waals surface area contributed by atoms with E-state index < -0.39 is 5.78 Å². The summed E-state index contributed by atoms with van der Waals surface area (Å²) < 4.78 is 0. The second-order valence-electron chi connectivity index (χ2n) is 1.70. The first-order valence-corrected chi connectivity index (χ1v) is 3.82. The maximum atomic E-state index is 10.8. The fraction of sp³-hybridized carbons (Fsp3) is 0.333. The number of aliphatic hydroxyl groups is 1. The topological polar surface area (TPSA) is 61.2 Å². The summed E-state index contributed by atoms with van der Waals surface area (Å²) in [4.78, 5) is 10.8. The number of Topliss-reactive ketones (excluding diaryl/α,β-unsaturated/α-hetero) is 1. The number of halogens is 2. The van der Waals surface area contributed by atoms with Crippen LogP contribution in [0.3, 0.4) is 0 Å². The highest BCUT2D eigenvalue weighted by Crippen LogP contribution is 2.03. The number of aliphatic hydroxyl groups excluding tert-OH is 1. The quantitative estimate of drug-likeness (QED) is 0.309. The lowest BCUT2D eigenvalue weighted by Gasteiger charge is -1.98. The van der Waals surface area contributed by atoms with Crippen molar-refractivity contribution in [3.05, 3.63) is 11.3 Å². The molecule has 5 heteroatoms. The Hall–Kier alpha value is -0.540. The van der Waals surface area contributed by atoms with Crippen LogP contribution in [0.2, 0.25) is 0 Å². The van der Waals surface area contributed by atoms with Crippen molar-refractivity contribution >= 4 is 35.2 Å². The van der Waals surface area contributed by atoms with Crippen LogP contribution in [0.4, 0.5) is 0 Å². The normalized spacial score (nSPS) is 12.2. The van der Waals surface area contributed by atoms with Crippen LogP contribution >= 0.6 is 23.2 Å². The molecule has 0 aromatic heterocycles. The third kappa shape index (κ3) is 2.91. The summed E-state index contributed by atoms with van der Waals surface area (Å²) in [7, 11) is 0. The highest BCUT2D eigenvalue weighted by molar-refractivity contribution is 6.34. The van der Waals surface area contributed by atoms with E-state index in [2.05, 4.69) is 0 Å². The first-order valence-electron chi connectivity index (χ1n) is 2.75. The zero-order valence-electron chi connectivity index (χ0n) is 5.60. The molecular formula is C6H7Cl2NO2. The van der Waals surface area contributed by atoms with Crippen molar-refractivity contribution in [1.82, 2.24) is 0 Å². The number of carbonyl (C=O) groups is 1. The van der Waals surface area contributed by atoms with Crippen LogP contribution in [0.25, 0.3) is 0 Å². The van der Waals surface area contributed by atoms with Crippen molar-refractivity contribution in [2.24, 2.45) is 0 Å². The summed E-state index contributed by atoms with van der Waals surface area (Å²) in [6, 6.07) is 0. The first kappa shape index (κ1) is 10.5. The lowest BCUT2D eigenvalue weighted by molar-refractivity contribution is -0.113. The van der Waals surface area contributed by atoms with Crippen LogP contribution in [0.1, 0.15) is 0 Å². The van der Waals surface area contributed by atoms with Gasteiger partial charge >= 0.3 is 0 Å². The minimum atomic E-state index is -0.500. The third-order valence-electron chi connectivity index (χ3n) is 1.00. The fourth-order valence-electron chi connectivity index (χ4n) is 0.469. The molecule has 0 heterocycles. The molecule has 0 aromatic carbocycles. The van der Waals surface area contributed by atoms with E-state index >= 15 is 0 Å². The molecule has 0 rings (SSSR count). The molecule has 0 saturated carbocycles. The highest BCUT2D eigenvalue weighted by atomic mass is 35.5. The molecule has 0 spiro atoms. The first-order chi connectivity index (χ1) is 5.17. The molecule has 2 N–H and O–H groups in total. The monoisotopic (exact) mass is 195 g/mol. The average molecular weight is 196 g/mol. The summed E-state index contributed by atoms with van der Waals surface area (Å²) in [5.41, 5.74) is -0.130. The zero-order valence-corrected chi connectivity index (χ0v) is 7.11. The van der Waals surface area contributed by atoms with Crippen molar-refractivity contribution < 1.29 is 9.90 Å². The summed E-state index contributed by atoms with van der Waals surface area (Å²) in [5.74, 6) is -1.26. The van der Waals surface area contributed by atoms with Crippen LogP contribution in [0.15, 0.2) is 11.3 Å². The SMILES string of the molecule is N=C/C(C(=O)CCl)=C(/O)CCl. The van der Waals surface area contributed by atoms with Gasteiger partial charge in [-0.05, 0) is 0 Å². The smallest absolute Gasteiger partial charge is 0.182 e. The molecule has 62 valence electrons. The Morgan fingerprint density at radius 2 is 2.00 bits per heavy atom. The number of nitrogens with one attached hydrogen (secondary N) is 1. The number of rotatable bonds is 4. The molecule has 11 heavy (non-hydrogen) atoms. The second kappa shape index (κ2) is 5.16. The lowest BCUT2D eigenvalue weighted by Crippen LogP contribution is -2.08. The van der Waals surface area contributed by atoms with Gasteiger partial charge in [-0.3, -0.25) is 4.79 Å². The van der Waals surface area contributed by atoms with Gasteiger partial charge in [-0.25, -0.2) is 0 Å². The van der Waals surface area contributed by atoms with E-state index in [0.29, 0.717) is 0 Å². The molecule has 0 aliphatic heterocycles. The molecule has 0 aromatic rings. The average Bonchev–Trinajstić information content (AvgIpc) is 2.05. The van der Waals surface area contributed by atoms with Gasteiger partial charge in [0, 0.05) is 6.21 Å².